The Morgan fingerprint density at radius 1 is 1.65 bits per heavy atom. The van der Waals surface area contributed by atoms with Crippen molar-refractivity contribution in [3.05, 3.63) is 21.9 Å². The minimum Gasteiger partial charge on any atom is -0.504 e. The van der Waals surface area contributed by atoms with Crippen LogP contribution in [-0.4, -0.2) is 23.3 Å². The molecule has 0 aromatic heterocycles. The molecule has 1 rings (SSSR count). The Bertz CT molecular complexity index is 448. The number of carbonyl (C=O) groups is 1. The SMILES string of the molecule is COc1c(Br)cc(F)c(CC(C)C(=O)O)c1O. The molecule has 2 N–H and O–H groups in total. The Kier molecular flexibility index (Phi) is 4.34. The quantitative estimate of drug-likeness (QED) is 0.897. The number of phenolic OH excluding ortho intramolecular Hbond substituents is 1. The highest BCUT2D eigenvalue weighted by molar-refractivity contribution is 9.10. The van der Waals surface area contributed by atoms with Crippen LogP contribution >= 0.6 is 15.9 Å². The van der Waals surface area contributed by atoms with E-state index in [0.717, 1.165) is 6.07 Å². The summed E-state index contributed by atoms with van der Waals surface area (Å²) in [7, 11) is 1.34. The molecule has 1 aromatic carbocycles. The zero-order valence-corrected chi connectivity index (χ0v) is 10.9. The van der Waals surface area contributed by atoms with Crippen LogP contribution in [0.1, 0.15) is 12.5 Å². The Morgan fingerprint density at radius 3 is 2.71 bits per heavy atom. The largest absolute Gasteiger partial charge is 0.504 e. The van der Waals surface area contributed by atoms with Gasteiger partial charge in [0, 0.05) is 5.56 Å². The summed E-state index contributed by atoms with van der Waals surface area (Å²) < 4.78 is 18.8. The van der Waals surface area contributed by atoms with Crippen LogP contribution in [0.5, 0.6) is 11.5 Å². The van der Waals surface area contributed by atoms with Crippen LogP contribution in [0.25, 0.3) is 0 Å². The highest BCUT2D eigenvalue weighted by Gasteiger charge is 2.21. The molecular weight excluding hydrogens is 295 g/mol. The van der Waals surface area contributed by atoms with Crippen molar-refractivity contribution >= 4 is 21.9 Å². The maximum atomic E-state index is 13.6. The van der Waals surface area contributed by atoms with Crippen LogP contribution in [0, 0.1) is 11.7 Å². The second kappa shape index (κ2) is 5.35. The summed E-state index contributed by atoms with van der Waals surface area (Å²) in [6.45, 7) is 1.44. The summed E-state index contributed by atoms with van der Waals surface area (Å²) in [5.41, 5.74) is -0.0556. The number of carboxylic acid groups (broad SMARTS) is 1. The lowest BCUT2D eigenvalue weighted by molar-refractivity contribution is -0.141. The summed E-state index contributed by atoms with van der Waals surface area (Å²) in [5.74, 6) is -2.78. The summed E-state index contributed by atoms with van der Waals surface area (Å²) in [6, 6.07) is 1.14. The number of rotatable bonds is 4. The molecule has 1 unspecified atom stereocenters. The van der Waals surface area contributed by atoms with Gasteiger partial charge >= 0.3 is 5.97 Å². The van der Waals surface area contributed by atoms with Gasteiger partial charge in [0.25, 0.3) is 0 Å². The van der Waals surface area contributed by atoms with Crippen molar-refractivity contribution < 1.29 is 24.1 Å². The molecule has 0 saturated heterocycles. The first-order chi connectivity index (χ1) is 7.88. The number of aliphatic carboxylic acids is 1. The summed E-state index contributed by atoms with van der Waals surface area (Å²) in [6.07, 6.45) is -0.101. The van der Waals surface area contributed by atoms with E-state index in [4.69, 9.17) is 9.84 Å². The van der Waals surface area contributed by atoms with Gasteiger partial charge in [-0.2, -0.15) is 0 Å². The first-order valence-electron chi connectivity index (χ1n) is 4.85. The number of halogens is 2. The number of hydrogen-bond donors (Lipinski definition) is 2. The van der Waals surface area contributed by atoms with Crippen molar-refractivity contribution in [2.75, 3.05) is 7.11 Å². The molecule has 0 amide bonds. The molecule has 0 fully saturated rings. The fourth-order valence-electron chi connectivity index (χ4n) is 1.41. The van der Waals surface area contributed by atoms with Gasteiger partial charge in [-0.1, -0.05) is 6.92 Å². The van der Waals surface area contributed by atoms with E-state index in [2.05, 4.69) is 15.9 Å². The molecule has 94 valence electrons. The second-order valence-corrected chi connectivity index (χ2v) is 4.50. The van der Waals surface area contributed by atoms with Crippen molar-refractivity contribution in [1.82, 2.24) is 0 Å². The summed E-state index contributed by atoms with van der Waals surface area (Å²) in [5, 5.41) is 18.6. The van der Waals surface area contributed by atoms with E-state index in [9.17, 15) is 14.3 Å². The van der Waals surface area contributed by atoms with Gasteiger partial charge in [0.15, 0.2) is 11.5 Å². The number of methoxy groups -OCH3 is 1. The normalized spacial score (nSPS) is 12.2. The van der Waals surface area contributed by atoms with Crippen molar-refractivity contribution in [2.45, 2.75) is 13.3 Å². The van der Waals surface area contributed by atoms with Gasteiger partial charge < -0.3 is 14.9 Å². The third-order valence-corrected chi connectivity index (χ3v) is 2.98. The molecular formula is C11H12BrFO4. The molecule has 0 aliphatic rings. The van der Waals surface area contributed by atoms with Gasteiger partial charge in [0.1, 0.15) is 5.82 Å². The lowest BCUT2D eigenvalue weighted by Gasteiger charge is -2.13. The average Bonchev–Trinajstić information content (AvgIpc) is 2.24. The molecule has 0 aliphatic heterocycles. The minimum absolute atomic E-state index is 0.0556. The number of aromatic hydroxyl groups is 1. The molecule has 1 aromatic rings. The van der Waals surface area contributed by atoms with E-state index in [1.807, 2.05) is 0 Å². The Morgan fingerprint density at radius 2 is 2.24 bits per heavy atom. The average molecular weight is 307 g/mol. The Hall–Kier alpha value is -1.30. The van der Waals surface area contributed by atoms with Crippen LogP contribution < -0.4 is 4.74 Å². The minimum atomic E-state index is -1.05. The fraction of sp³-hybridized carbons (Fsp3) is 0.364. The molecule has 0 spiro atoms. The molecule has 0 radical (unpaired) electrons. The summed E-state index contributed by atoms with van der Waals surface area (Å²) >= 11 is 3.05. The molecule has 0 heterocycles. The van der Waals surface area contributed by atoms with Crippen molar-refractivity contribution in [3.8, 4) is 11.5 Å². The van der Waals surface area contributed by atoms with Gasteiger partial charge in [0.05, 0.1) is 17.5 Å². The number of benzene rings is 1. The molecule has 0 aliphatic carbocycles. The van der Waals surface area contributed by atoms with Crippen molar-refractivity contribution in [1.29, 1.82) is 0 Å². The monoisotopic (exact) mass is 306 g/mol. The van der Waals surface area contributed by atoms with E-state index in [-0.39, 0.29) is 28.0 Å². The zero-order chi connectivity index (χ0) is 13.2. The Balaban J connectivity index is 3.20. The zero-order valence-electron chi connectivity index (χ0n) is 9.33. The van der Waals surface area contributed by atoms with E-state index in [1.54, 1.807) is 0 Å². The van der Waals surface area contributed by atoms with Crippen LogP contribution in [0.15, 0.2) is 10.5 Å². The van der Waals surface area contributed by atoms with Crippen LogP contribution in [0.4, 0.5) is 4.39 Å². The molecule has 4 nitrogen and oxygen atoms in total. The molecule has 0 saturated carbocycles. The van der Waals surface area contributed by atoms with Crippen LogP contribution in [0.3, 0.4) is 0 Å². The van der Waals surface area contributed by atoms with E-state index >= 15 is 0 Å². The maximum absolute atomic E-state index is 13.6. The van der Waals surface area contributed by atoms with Gasteiger partial charge in [-0.25, -0.2) is 4.39 Å². The smallest absolute Gasteiger partial charge is 0.306 e. The third kappa shape index (κ3) is 2.88. The highest BCUT2D eigenvalue weighted by Crippen LogP contribution is 2.39. The van der Waals surface area contributed by atoms with Crippen molar-refractivity contribution in [2.24, 2.45) is 5.92 Å². The number of phenols is 1. The fourth-order valence-corrected chi connectivity index (χ4v) is 1.96. The predicted molar refractivity (Wildman–Crippen MR) is 62.8 cm³/mol. The second-order valence-electron chi connectivity index (χ2n) is 3.64. The number of hydrogen-bond acceptors (Lipinski definition) is 3. The van der Waals surface area contributed by atoms with Gasteiger partial charge in [-0.3, -0.25) is 4.79 Å². The van der Waals surface area contributed by atoms with Gasteiger partial charge in [-0.05, 0) is 28.4 Å². The molecule has 0 bridgehead atoms. The number of ether oxygens (including phenoxy) is 1. The van der Waals surface area contributed by atoms with Crippen LogP contribution in [-0.2, 0) is 11.2 Å². The first kappa shape index (κ1) is 13.8. The Labute approximate surface area is 106 Å². The number of carboxylic acids is 1. The van der Waals surface area contributed by atoms with E-state index in [0.29, 0.717) is 0 Å². The highest BCUT2D eigenvalue weighted by atomic mass is 79.9. The van der Waals surface area contributed by atoms with Gasteiger partial charge in [-0.15, -0.1) is 0 Å². The van der Waals surface area contributed by atoms with Crippen LogP contribution in [0.2, 0.25) is 0 Å². The van der Waals surface area contributed by atoms with E-state index in [1.165, 1.54) is 14.0 Å². The standard InChI is InChI=1S/C11H12BrFO4/c1-5(11(15)16)3-6-8(13)4-7(12)10(17-2)9(6)14/h4-5,14H,3H2,1-2H3,(H,15,16). The van der Waals surface area contributed by atoms with Crippen molar-refractivity contribution in [3.63, 3.8) is 0 Å². The molecule has 17 heavy (non-hydrogen) atoms. The molecule has 1 atom stereocenters. The van der Waals surface area contributed by atoms with Gasteiger partial charge in [0.2, 0.25) is 0 Å². The molecule has 6 heteroatoms. The lowest BCUT2D eigenvalue weighted by atomic mass is 9.99. The predicted octanol–water partition coefficient (Wildman–Crippen LogP) is 2.57. The lowest BCUT2D eigenvalue weighted by Crippen LogP contribution is -2.13. The first-order valence-corrected chi connectivity index (χ1v) is 5.64. The van der Waals surface area contributed by atoms with E-state index < -0.39 is 17.7 Å². The third-order valence-electron chi connectivity index (χ3n) is 2.40. The summed E-state index contributed by atoms with van der Waals surface area (Å²) in [4.78, 5) is 10.7. The topological polar surface area (TPSA) is 66.8 Å². The maximum Gasteiger partial charge on any atom is 0.306 e.